The van der Waals surface area contributed by atoms with Gasteiger partial charge in [-0.25, -0.2) is 0 Å². The van der Waals surface area contributed by atoms with Crippen molar-refractivity contribution in [2.24, 2.45) is 0 Å². The number of benzene rings is 2. The molecule has 0 saturated heterocycles. The maximum absolute atomic E-state index is 3.57. The molecule has 0 aliphatic heterocycles. The first-order valence-corrected chi connectivity index (χ1v) is 6.57. The Kier molecular flexibility index (Phi) is 6.61. The second-order valence-corrected chi connectivity index (χ2v) is 4.96. The van der Waals surface area contributed by atoms with Crippen LogP contribution in [0.25, 0.3) is 0 Å². The van der Waals surface area contributed by atoms with E-state index in [1.807, 2.05) is 0 Å². The average Bonchev–Trinajstić information content (AvgIpc) is 2.39. The number of hydrogen-bond acceptors (Lipinski definition) is 1. The molecular weight excluding hydrogens is 254 g/mol. The van der Waals surface area contributed by atoms with Crippen LogP contribution in [0.2, 0.25) is 0 Å². The van der Waals surface area contributed by atoms with Gasteiger partial charge in [0.15, 0.2) is 0 Å². The molecule has 0 aliphatic carbocycles. The fraction of sp³-hybridized carbons (Fsp3) is 0.294. The van der Waals surface area contributed by atoms with E-state index in [0.29, 0.717) is 6.04 Å². The fourth-order valence-corrected chi connectivity index (χ4v) is 2.04. The van der Waals surface area contributed by atoms with Gasteiger partial charge in [0.2, 0.25) is 0 Å². The Morgan fingerprint density at radius 1 is 0.895 bits per heavy atom. The van der Waals surface area contributed by atoms with Crippen molar-refractivity contribution in [3.63, 3.8) is 0 Å². The number of rotatable bonds is 5. The van der Waals surface area contributed by atoms with Crippen LogP contribution in [0.4, 0.5) is 0 Å². The van der Waals surface area contributed by atoms with Crippen LogP contribution in [0.3, 0.4) is 0 Å². The largest absolute Gasteiger partial charge is 0.310 e. The van der Waals surface area contributed by atoms with Crippen molar-refractivity contribution in [1.82, 2.24) is 5.32 Å². The Morgan fingerprint density at radius 2 is 1.53 bits per heavy atom. The number of aryl methyl sites for hydroxylation is 1. The highest BCUT2D eigenvalue weighted by atomic mass is 35.5. The van der Waals surface area contributed by atoms with Crippen molar-refractivity contribution in [2.75, 3.05) is 0 Å². The summed E-state index contributed by atoms with van der Waals surface area (Å²) < 4.78 is 0. The van der Waals surface area contributed by atoms with Crippen LogP contribution >= 0.6 is 12.4 Å². The number of hydrogen-bond donors (Lipinski definition) is 1. The molecule has 0 amide bonds. The molecule has 0 fully saturated rings. The zero-order valence-electron chi connectivity index (χ0n) is 11.6. The molecule has 0 aliphatic rings. The molecule has 2 heteroatoms. The molecule has 2 aromatic rings. The van der Waals surface area contributed by atoms with Crippen LogP contribution in [0.15, 0.2) is 54.6 Å². The highest BCUT2D eigenvalue weighted by Crippen LogP contribution is 2.05. The van der Waals surface area contributed by atoms with Gasteiger partial charge >= 0.3 is 0 Å². The lowest BCUT2D eigenvalue weighted by atomic mass is 10.1. The quantitative estimate of drug-likeness (QED) is 0.865. The first-order chi connectivity index (χ1) is 8.74. The first-order valence-electron chi connectivity index (χ1n) is 6.57. The summed E-state index contributed by atoms with van der Waals surface area (Å²) in [6, 6.07) is 19.8. The Hall–Kier alpha value is -1.31. The topological polar surface area (TPSA) is 12.0 Å². The van der Waals surface area contributed by atoms with E-state index in [2.05, 4.69) is 73.8 Å². The van der Waals surface area contributed by atoms with E-state index in [-0.39, 0.29) is 12.4 Å². The Morgan fingerprint density at radius 3 is 2.16 bits per heavy atom. The zero-order chi connectivity index (χ0) is 12.8. The summed E-state index contributed by atoms with van der Waals surface area (Å²) in [5, 5.41) is 3.57. The van der Waals surface area contributed by atoms with E-state index < -0.39 is 0 Å². The number of nitrogens with one attached hydrogen (secondary N) is 1. The summed E-state index contributed by atoms with van der Waals surface area (Å²) in [6.07, 6.45) is 1.08. The van der Waals surface area contributed by atoms with E-state index in [1.54, 1.807) is 0 Å². The monoisotopic (exact) mass is 275 g/mol. The molecule has 1 nitrogen and oxygen atoms in total. The average molecular weight is 276 g/mol. The third-order valence-corrected chi connectivity index (χ3v) is 3.16. The van der Waals surface area contributed by atoms with Gasteiger partial charge in [0.1, 0.15) is 0 Å². The highest BCUT2D eigenvalue weighted by molar-refractivity contribution is 5.85. The van der Waals surface area contributed by atoms with Crippen molar-refractivity contribution in [3.8, 4) is 0 Å². The summed E-state index contributed by atoms with van der Waals surface area (Å²) in [5.41, 5.74) is 4.05. The van der Waals surface area contributed by atoms with Gasteiger partial charge in [0.25, 0.3) is 0 Å². The van der Waals surface area contributed by atoms with Gasteiger partial charge in [-0.15, -0.1) is 12.4 Å². The third kappa shape index (κ3) is 5.46. The van der Waals surface area contributed by atoms with Crippen molar-refractivity contribution in [2.45, 2.75) is 32.9 Å². The van der Waals surface area contributed by atoms with Crippen molar-refractivity contribution in [1.29, 1.82) is 0 Å². The second-order valence-electron chi connectivity index (χ2n) is 4.96. The van der Waals surface area contributed by atoms with Gasteiger partial charge in [-0.05, 0) is 31.4 Å². The molecule has 2 rings (SSSR count). The van der Waals surface area contributed by atoms with Crippen molar-refractivity contribution >= 4 is 12.4 Å². The van der Waals surface area contributed by atoms with Crippen LogP contribution in [-0.2, 0) is 13.0 Å². The van der Waals surface area contributed by atoms with Crippen LogP contribution in [0, 0.1) is 6.92 Å². The summed E-state index contributed by atoms with van der Waals surface area (Å²) >= 11 is 0. The van der Waals surface area contributed by atoms with Crippen molar-refractivity contribution in [3.05, 3.63) is 71.3 Å². The predicted molar refractivity (Wildman–Crippen MR) is 84.9 cm³/mol. The molecule has 1 N–H and O–H groups in total. The molecule has 1 atom stereocenters. The minimum Gasteiger partial charge on any atom is -0.310 e. The Labute approximate surface area is 122 Å². The smallest absolute Gasteiger partial charge is 0.0208 e. The van der Waals surface area contributed by atoms with E-state index in [1.165, 1.54) is 16.7 Å². The minimum atomic E-state index is 0. The fourth-order valence-electron chi connectivity index (χ4n) is 2.04. The van der Waals surface area contributed by atoms with Gasteiger partial charge in [-0.2, -0.15) is 0 Å². The molecule has 2 aromatic carbocycles. The molecule has 0 radical (unpaired) electrons. The number of halogens is 1. The predicted octanol–water partition coefficient (Wildman–Crippen LogP) is 4.14. The van der Waals surface area contributed by atoms with E-state index >= 15 is 0 Å². The molecule has 102 valence electrons. The van der Waals surface area contributed by atoms with Crippen LogP contribution in [-0.4, -0.2) is 6.04 Å². The standard InChI is InChI=1S/C17H21N.ClH/c1-14-8-10-17(11-9-14)13-18-15(2)12-16-6-4-3-5-7-16;/h3-11,15,18H,12-13H2,1-2H3;1H. The SMILES string of the molecule is Cc1ccc(CNC(C)Cc2ccccc2)cc1.Cl. The Bertz CT molecular complexity index is 464. The zero-order valence-corrected chi connectivity index (χ0v) is 12.4. The summed E-state index contributed by atoms with van der Waals surface area (Å²) in [4.78, 5) is 0. The highest BCUT2D eigenvalue weighted by Gasteiger charge is 2.02. The van der Waals surface area contributed by atoms with Gasteiger partial charge in [0, 0.05) is 12.6 Å². The second kappa shape index (κ2) is 7.98. The summed E-state index contributed by atoms with van der Waals surface area (Å²) in [6.45, 7) is 5.30. The molecule has 0 heterocycles. The van der Waals surface area contributed by atoms with Gasteiger partial charge < -0.3 is 5.32 Å². The lowest BCUT2D eigenvalue weighted by molar-refractivity contribution is 0.545. The van der Waals surface area contributed by atoms with Crippen LogP contribution in [0.5, 0.6) is 0 Å². The van der Waals surface area contributed by atoms with Crippen LogP contribution < -0.4 is 5.32 Å². The normalized spacial score (nSPS) is 11.7. The van der Waals surface area contributed by atoms with Gasteiger partial charge in [-0.3, -0.25) is 0 Å². The summed E-state index contributed by atoms with van der Waals surface area (Å²) in [7, 11) is 0. The molecule has 0 spiro atoms. The minimum absolute atomic E-state index is 0. The third-order valence-electron chi connectivity index (χ3n) is 3.16. The van der Waals surface area contributed by atoms with Crippen LogP contribution in [0.1, 0.15) is 23.6 Å². The van der Waals surface area contributed by atoms with E-state index in [4.69, 9.17) is 0 Å². The van der Waals surface area contributed by atoms with E-state index in [9.17, 15) is 0 Å². The molecule has 0 saturated carbocycles. The molecule has 19 heavy (non-hydrogen) atoms. The van der Waals surface area contributed by atoms with Gasteiger partial charge in [-0.1, -0.05) is 60.2 Å². The van der Waals surface area contributed by atoms with E-state index in [0.717, 1.165) is 13.0 Å². The molecule has 1 unspecified atom stereocenters. The molecule has 0 aromatic heterocycles. The van der Waals surface area contributed by atoms with Gasteiger partial charge in [0.05, 0.1) is 0 Å². The lowest BCUT2D eigenvalue weighted by Crippen LogP contribution is -2.27. The Balaban J connectivity index is 0.00000180. The van der Waals surface area contributed by atoms with Crippen molar-refractivity contribution < 1.29 is 0 Å². The first kappa shape index (κ1) is 15.7. The summed E-state index contributed by atoms with van der Waals surface area (Å²) in [5.74, 6) is 0. The molecular formula is C17H22ClN. The maximum atomic E-state index is 3.57. The maximum Gasteiger partial charge on any atom is 0.0208 e. The lowest BCUT2D eigenvalue weighted by Gasteiger charge is -2.14. The molecule has 0 bridgehead atoms.